The molecule has 0 spiro atoms. The summed E-state index contributed by atoms with van der Waals surface area (Å²) in [5.74, 6) is 0. The van der Waals surface area contributed by atoms with Crippen LogP contribution in [0.3, 0.4) is 0 Å². The van der Waals surface area contributed by atoms with Gasteiger partial charge >= 0.3 is 18.9 Å². The van der Waals surface area contributed by atoms with Gasteiger partial charge in [-0.25, -0.2) is 0 Å². The Balaban J connectivity index is -0.0000000450. The molecule has 0 aromatic rings. The van der Waals surface area contributed by atoms with Crippen molar-refractivity contribution in [1.29, 1.82) is 0 Å². The predicted molar refractivity (Wildman–Crippen MR) is 26.0 cm³/mol. The van der Waals surface area contributed by atoms with E-state index >= 15 is 0 Å². The zero-order valence-corrected chi connectivity index (χ0v) is 4.70. The van der Waals surface area contributed by atoms with Crippen LogP contribution in [0.25, 0.3) is 0 Å². The number of unbranched alkanes of at least 4 members (excludes halogenated alkanes) is 1. The van der Waals surface area contributed by atoms with E-state index < -0.39 is 0 Å². The Morgan fingerprint density at radius 3 is 1.67 bits per heavy atom. The molecule has 0 saturated carbocycles. The Labute approximate surface area is 54.5 Å². The topological polar surface area (TPSA) is 0 Å². The van der Waals surface area contributed by atoms with Gasteiger partial charge in [0.05, 0.1) is 0 Å². The van der Waals surface area contributed by atoms with Gasteiger partial charge < -0.3 is 6.92 Å². The fourth-order valence-corrected chi connectivity index (χ4v) is 0. The monoisotopic (exact) mass is 75.1 g/mol. The Bertz CT molecular complexity index is 9.51. The van der Waals surface area contributed by atoms with Gasteiger partial charge in [0.25, 0.3) is 0 Å². The summed E-state index contributed by atoms with van der Waals surface area (Å²) in [5.41, 5.74) is 0. The van der Waals surface area contributed by atoms with E-state index in [-0.39, 0.29) is 27.3 Å². The summed E-state index contributed by atoms with van der Waals surface area (Å²) in [6, 6.07) is 0. The van der Waals surface area contributed by atoms with Crippen LogP contribution in [0.1, 0.15) is 19.8 Å². The first-order valence-corrected chi connectivity index (χ1v) is 1.71. The molecule has 6 heavy (non-hydrogen) atoms. The predicted octanol–water partition coefficient (Wildman–Crippen LogP) is -1.76. The number of hydrogen-bond acceptors (Lipinski definition) is 0. The SMILES string of the molecule is [B].[CH2-]CCC.[Li+]. The average molecular weight is 74.9 g/mol. The zero-order chi connectivity index (χ0) is 3.41. The van der Waals surface area contributed by atoms with E-state index in [0.717, 1.165) is 6.42 Å². The quantitative estimate of drug-likeness (QED) is 0.256. The molecular weight excluding hydrogens is 65.8 g/mol. The number of hydrogen-bond donors (Lipinski definition) is 0. The second-order valence-corrected chi connectivity index (χ2v) is 0.854. The average Bonchev–Trinajstić information content (AvgIpc) is 1.37. The van der Waals surface area contributed by atoms with E-state index in [9.17, 15) is 0 Å². The molecule has 0 aromatic heterocycles. The van der Waals surface area contributed by atoms with Crippen LogP contribution in [-0.4, -0.2) is 8.41 Å². The molecule has 0 N–H and O–H groups in total. The Hall–Kier alpha value is 0.662. The molecule has 3 radical (unpaired) electrons. The van der Waals surface area contributed by atoms with E-state index in [0.29, 0.717) is 0 Å². The van der Waals surface area contributed by atoms with Crippen LogP contribution < -0.4 is 18.9 Å². The second kappa shape index (κ2) is 17.4. The van der Waals surface area contributed by atoms with Crippen molar-refractivity contribution in [3.8, 4) is 0 Å². The molecule has 0 bridgehead atoms. The van der Waals surface area contributed by atoms with Crippen LogP contribution in [0, 0.1) is 6.92 Å². The molecule has 0 fully saturated rings. The third-order valence-electron chi connectivity index (χ3n) is 0.354. The van der Waals surface area contributed by atoms with E-state index in [2.05, 4.69) is 13.8 Å². The summed E-state index contributed by atoms with van der Waals surface area (Å²) >= 11 is 0. The standard InChI is InChI=1S/C4H9.B.Li/c1-3-4-2;;/h1,3-4H2,2H3;;/q-1;;+1. The molecule has 29 valence electrons. The van der Waals surface area contributed by atoms with Crippen molar-refractivity contribution >= 4 is 8.41 Å². The maximum Gasteiger partial charge on any atom is 1.00 e. The van der Waals surface area contributed by atoms with Crippen LogP contribution in [0.4, 0.5) is 0 Å². The Morgan fingerprint density at radius 2 is 1.67 bits per heavy atom. The zero-order valence-electron chi connectivity index (χ0n) is 4.70. The summed E-state index contributed by atoms with van der Waals surface area (Å²) in [5, 5.41) is 0. The van der Waals surface area contributed by atoms with Gasteiger partial charge in [0.2, 0.25) is 0 Å². The van der Waals surface area contributed by atoms with Crippen LogP contribution >= 0.6 is 0 Å². The largest absolute Gasteiger partial charge is 1.00 e. The van der Waals surface area contributed by atoms with E-state index in [4.69, 9.17) is 0 Å². The van der Waals surface area contributed by atoms with E-state index in [1.54, 1.807) is 0 Å². The Morgan fingerprint density at radius 1 is 1.50 bits per heavy atom. The van der Waals surface area contributed by atoms with Crippen LogP contribution in [0.15, 0.2) is 0 Å². The molecule has 0 saturated heterocycles. The van der Waals surface area contributed by atoms with Crippen LogP contribution in [0.2, 0.25) is 0 Å². The molecule has 0 aromatic carbocycles. The molecule has 0 aliphatic heterocycles. The van der Waals surface area contributed by atoms with Crippen molar-refractivity contribution in [3.63, 3.8) is 0 Å². The molecule has 0 aliphatic rings. The number of rotatable bonds is 1. The normalized spacial score (nSPS) is 5.00. The minimum atomic E-state index is 0. The molecule has 0 heterocycles. The van der Waals surface area contributed by atoms with Gasteiger partial charge in [0, 0.05) is 8.41 Å². The molecule has 0 atom stereocenters. The Kier molecular flexibility index (Phi) is 46.1. The maximum atomic E-state index is 3.60. The molecule has 0 rings (SSSR count). The first-order valence-electron chi connectivity index (χ1n) is 1.71. The van der Waals surface area contributed by atoms with Gasteiger partial charge in [-0.2, -0.15) is 6.42 Å². The molecule has 0 amide bonds. The van der Waals surface area contributed by atoms with Crippen molar-refractivity contribution in [2.45, 2.75) is 19.8 Å². The van der Waals surface area contributed by atoms with Crippen molar-refractivity contribution in [1.82, 2.24) is 0 Å². The minimum absolute atomic E-state index is 0. The molecular formula is C4H9BLi. The summed E-state index contributed by atoms with van der Waals surface area (Å²) in [6.07, 6.45) is 2.28. The van der Waals surface area contributed by atoms with Gasteiger partial charge in [0.15, 0.2) is 0 Å². The van der Waals surface area contributed by atoms with Gasteiger partial charge in [0.1, 0.15) is 0 Å². The van der Waals surface area contributed by atoms with Crippen molar-refractivity contribution < 1.29 is 18.9 Å². The maximum absolute atomic E-state index is 3.60. The molecule has 2 heteroatoms. The van der Waals surface area contributed by atoms with Crippen LogP contribution in [0.5, 0.6) is 0 Å². The second-order valence-electron chi connectivity index (χ2n) is 0.854. The summed E-state index contributed by atoms with van der Waals surface area (Å²) in [4.78, 5) is 0. The van der Waals surface area contributed by atoms with Gasteiger partial charge in [-0.05, 0) is 0 Å². The smallest absolute Gasteiger partial charge is 0.343 e. The van der Waals surface area contributed by atoms with Crippen molar-refractivity contribution in [2.75, 3.05) is 0 Å². The summed E-state index contributed by atoms with van der Waals surface area (Å²) in [6.45, 7) is 5.72. The van der Waals surface area contributed by atoms with E-state index in [1.807, 2.05) is 0 Å². The van der Waals surface area contributed by atoms with Gasteiger partial charge in [-0.1, -0.05) is 13.3 Å². The summed E-state index contributed by atoms with van der Waals surface area (Å²) in [7, 11) is 0. The molecule has 0 unspecified atom stereocenters. The fraction of sp³-hybridized carbons (Fsp3) is 0.750. The third kappa shape index (κ3) is 22.6. The third-order valence-corrected chi connectivity index (χ3v) is 0.354. The first-order chi connectivity index (χ1) is 1.91. The van der Waals surface area contributed by atoms with Crippen LogP contribution in [-0.2, 0) is 0 Å². The minimum Gasteiger partial charge on any atom is -0.343 e. The summed E-state index contributed by atoms with van der Waals surface area (Å²) < 4.78 is 0. The van der Waals surface area contributed by atoms with Gasteiger partial charge in [-0.15, -0.1) is 0 Å². The first kappa shape index (κ1) is 15.9. The van der Waals surface area contributed by atoms with Gasteiger partial charge in [-0.3, -0.25) is 0 Å². The fourth-order valence-electron chi connectivity index (χ4n) is 0. The van der Waals surface area contributed by atoms with Crippen molar-refractivity contribution in [2.24, 2.45) is 0 Å². The van der Waals surface area contributed by atoms with E-state index in [1.165, 1.54) is 6.42 Å². The molecule has 0 aliphatic carbocycles. The van der Waals surface area contributed by atoms with Crippen molar-refractivity contribution in [3.05, 3.63) is 6.92 Å². The molecule has 0 nitrogen and oxygen atoms in total.